The van der Waals surface area contributed by atoms with Crippen LogP contribution in [0.1, 0.15) is 21.5 Å². The predicted molar refractivity (Wildman–Crippen MR) is 96.1 cm³/mol. The van der Waals surface area contributed by atoms with Crippen molar-refractivity contribution in [3.05, 3.63) is 65.2 Å². The Morgan fingerprint density at radius 3 is 2.52 bits per heavy atom. The van der Waals surface area contributed by atoms with Gasteiger partial charge in [-0.1, -0.05) is 48.2 Å². The molecule has 0 unspecified atom stereocenters. The zero-order valence-corrected chi connectivity index (χ0v) is 14.9. The summed E-state index contributed by atoms with van der Waals surface area (Å²) in [6.07, 6.45) is 0. The highest BCUT2D eigenvalue weighted by atomic mass is 32.2. The molecule has 0 saturated heterocycles. The van der Waals surface area contributed by atoms with Gasteiger partial charge in [0.2, 0.25) is 5.16 Å². The van der Waals surface area contributed by atoms with E-state index in [2.05, 4.69) is 15.5 Å². The maximum absolute atomic E-state index is 11.9. The van der Waals surface area contributed by atoms with Crippen LogP contribution in [-0.2, 0) is 4.74 Å². The summed E-state index contributed by atoms with van der Waals surface area (Å²) in [4.78, 5) is 11.9. The van der Waals surface area contributed by atoms with Gasteiger partial charge in [0.05, 0.1) is 11.3 Å². The van der Waals surface area contributed by atoms with Crippen molar-refractivity contribution < 1.29 is 9.53 Å². The summed E-state index contributed by atoms with van der Waals surface area (Å²) in [6.45, 7) is 4.35. The van der Waals surface area contributed by atoms with Crippen LogP contribution >= 0.6 is 11.8 Å². The second-order valence-electron chi connectivity index (χ2n) is 5.46. The summed E-state index contributed by atoms with van der Waals surface area (Å²) in [5.74, 6) is 0.250. The number of rotatable bonds is 6. The standard InChI is InChI=1S/C18H18N4O2S/c1-13-7-6-8-14(2)16(13)22-18(19-20-21-22)25-12-11-24-17(23)15-9-4-3-5-10-15/h3-10H,11-12H2,1-2H3. The minimum absolute atomic E-state index is 0.290. The number of tetrazole rings is 1. The molecule has 0 atom stereocenters. The van der Waals surface area contributed by atoms with E-state index in [-0.39, 0.29) is 12.6 Å². The molecule has 0 radical (unpaired) electrons. The number of carbonyl (C=O) groups is 1. The third-order valence-corrected chi connectivity index (χ3v) is 4.53. The first-order valence-corrected chi connectivity index (χ1v) is 8.85. The van der Waals surface area contributed by atoms with Gasteiger partial charge in [-0.05, 0) is 47.5 Å². The summed E-state index contributed by atoms with van der Waals surface area (Å²) in [5.41, 5.74) is 3.73. The van der Waals surface area contributed by atoms with E-state index < -0.39 is 0 Å². The van der Waals surface area contributed by atoms with Crippen LogP contribution in [0, 0.1) is 13.8 Å². The van der Waals surface area contributed by atoms with Crippen LogP contribution in [0.25, 0.3) is 5.69 Å². The summed E-state index contributed by atoms with van der Waals surface area (Å²) >= 11 is 1.45. The van der Waals surface area contributed by atoms with E-state index in [1.807, 2.05) is 50.2 Å². The number of thioether (sulfide) groups is 1. The van der Waals surface area contributed by atoms with Gasteiger partial charge in [0, 0.05) is 5.75 Å². The first-order valence-electron chi connectivity index (χ1n) is 7.87. The lowest BCUT2D eigenvalue weighted by molar-refractivity contribution is 0.0530. The number of hydrogen-bond acceptors (Lipinski definition) is 6. The lowest BCUT2D eigenvalue weighted by Crippen LogP contribution is -2.09. The minimum atomic E-state index is -0.324. The molecule has 3 rings (SSSR count). The van der Waals surface area contributed by atoms with Crippen molar-refractivity contribution in [2.24, 2.45) is 0 Å². The predicted octanol–water partition coefficient (Wildman–Crippen LogP) is 3.23. The number of aryl methyl sites for hydroxylation is 2. The quantitative estimate of drug-likeness (QED) is 0.384. The third kappa shape index (κ3) is 4.06. The Morgan fingerprint density at radius 2 is 1.80 bits per heavy atom. The van der Waals surface area contributed by atoms with Crippen molar-refractivity contribution in [3.63, 3.8) is 0 Å². The van der Waals surface area contributed by atoms with Gasteiger partial charge in [0.1, 0.15) is 6.61 Å². The highest BCUT2D eigenvalue weighted by Crippen LogP contribution is 2.23. The van der Waals surface area contributed by atoms with Crippen LogP contribution in [0.4, 0.5) is 0 Å². The minimum Gasteiger partial charge on any atom is -0.461 e. The second kappa shape index (κ2) is 7.94. The number of para-hydroxylation sites is 1. The largest absolute Gasteiger partial charge is 0.461 e. The van der Waals surface area contributed by atoms with E-state index in [1.54, 1.807) is 16.8 Å². The van der Waals surface area contributed by atoms with E-state index in [1.165, 1.54) is 11.8 Å². The number of aromatic nitrogens is 4. The summed E-state index contributed by atoms with van der Waals surface area (Å²) < 4.78 is 7.01. The molecule has 1 aromatic heterocycles. The lowest BCUT2D eigenvalue weighted by atomic mass is 10.1. The molecule has 128 valence electrons. The highest BCUT2D eigenvalue weighted by Gasteiger charge is 2.13. The fourth-order valence-corrected chi connectivity index (χ4v) is 3.17. The van der Waals surface area contributed by atoms with Crippen LogP contribution in [-0.4, -0.2) is 38.5 Å². The molecule has 7 heteroatoms. The van der Waals surface area contributed by atoms with Gasteiger partial charge in [0.15, 0.2) is 0 Å². The number of ether oxygens (including phenoxy) is 1. The summed E-state index contributed by atoms with van der Waals surface area (Å²) in [6, 6.07) is 15.0. The van der Waals surface area contributed by atoms with E-state index in [0.29, 0.717) is 16.5 Å². The normalized spacial score (nSPS) is 10.6. The number of nitrogens with zero attached hydrogens (tertiary/aromatic N) is 4. The number of esters is 1. The molecule has 25 heavy (non-hydrogen) atoms. The number of hydrogen-bond donors (Lipinski definition) is 0. The molecule has 0 fully saturated rings. The molecule has 0 amide bonds. The molecule has 3 aromatic rings. The fraction of sp³-hybridized carbons (Fsp3) is 0.222. The van der Waals surface area contributed by atoms with Crippen LogP contribution in [0.3, 0.4) is 0 Å². The molecule has 0 spiro atoms. The Bertz CT molecular complexity index is 844. The molecule has 0 aliphatic rings. The molecule has 0 aliphatic heterocycles. The van der Waals surface area contributed by atoms with Gasteiger partial charge in [-0.3, -0.25) is 0 Å². The molecular formula is C18H18N4O2S. The van der Waals surface area contributed by atoms with Crippen LogP contribution in [0.15, 0.2) is 53.7 Å². The zero-order chi connectivity index (χ0) is 17.6. The number of carbonyl (C=O) groups excluding carboxylic acids is 1. The zero-order valence-electron chi connectivity index (χ0n) is 14.0. The Balaban J connectivity index is 1.60. The van der Waals surface area contributed by atoms with Crippen molar-refractivity contribution in [1.29, 1.82) is 0 Å². The monoisotopic (exact) mass is 354 g/mol. The molecule has 0 saturated carbocycles. The van der Waals surface area contributed by atoms with Crippen molar-refractivity contribution in [2.75, 3.05) is 12.4 Å². The van der Waals surface area contributed by atoms with E-state index in [9.17, 15) is 4.79 Å². The van der Waals surface area contributed by atoms with Gasteiger partial charge in [-0.25, -0.2) is 4.79 Å². The SMILES string of the molecule is Cc1cccc(C)c1-n1nnnc1SCCOC(=O)c1ccccc1. The summed E-state index contributed by atoms with van der Waals surface area (Å²) in [7, 11) is 0. The van der Waals surface area contributed by atoms with Crippen molar-refractivity contribution in [3.8, 4) is 5.69 Å². The Hall–Kier alpha value is -2.67. The van der Waals surface area contributed by atoms with Gasteiger partial charge >= 0.3 is 5.97 Å². The lowest BCUT2D eigenvalue weighted by Gasteiger charge is -2.10. The van der Waals surface area contributed by atoms with Crippen molar-refractivity contribution in [2.45, 2.75) is 19.0 Å². The topological polar surface area (TPSA) is 69.9 Å². The Kier molecular flexibility index (Phi) is 5.45. The van der Waals surface area contributed by atoms with Gasteiger partial charge in [-0.15, -0.1) is 5.10 Å². The molecule has 2 aromatic carbocycles. The van der Waals surface area contributed by atoms with E-state index in [0.717, 1.165) is 16.8 Å². The van der Waals surface area contributed by atoms with Crippen molar-refractivity contribution >= 4 is 17.7 Å². The van der Waals surface area contributed by atoms with Crippen LogP contribution < -0.4 is 0 Å². The first kappa shape index (κ1) is 17.2. The fourth-order valence-electron chi connectivity index (χ4n) is 2.47. The molecule has 0 N–H and O–H groups in total. The van der Waals surface area contributed by atoms with Crippen LogP contribution in [0.5, 0.6) is 0 Å². The van der Waals surface area contributed by atoms with Crippen LogP contribution in [0.2, 0.25) is 0 Å². The summed E-state index contributed by atoms with van der Waals surface area (Å²) in [5, 5.41) is 12.6. The second-order valence-corrected chi connectivity index (χ2v) is 6.53. The molecular weight excluding hydrogens is 336 g/mol. The molecule has 0 bridgehead atoms. The molecule has 6 nitrogen and oxygen atoms in total. The third-order valence-electron chi connectivity index (χ3n) is 3.65. The van der Waals surface area contributed by atoms with Gasteiger partial charge in [0.25, 0.3) is 0 Å². The molecule has 1 heterocycles. The van der Waals surface area contributed by atoms with Gasteiger partial charge < -0.3 is 4.74 Å². The maximum atomic E-state index is 11.9. The number of benzene rings is 2. The Morgan fingerprint density at radius 1 is 1.08 bits per heavy atom. The average Bonchev–Trinajstić information content (AvgIpc) is 3.07. The van der Waals surface area contributed by atoms with E-state index >= 15 is 0 Å². The first-order chi connectivity index (χ1) is 12.2. The van der Waals surface area contributed by atoms with E-state index in [4.69, 9.17) is 4.74 Å². The highest BCUT2D eigenvalue weighted by molar-refractivity contribution is 7.99. The average molecular weight is 354 g/mol. The Labute approximate surface area is 150 Å². The molecule has 0 aliphatic carbocycles. The van der Waals surface area contributed by atoms with Crippen molar-refractivity contribution in [1.82, 2.24) is 20.2 Å². The smallest absolute Gasteiger partial charge is 0.338 e. The van der Waals surface area contributed by atoms with Gasteiger partial charge in [-0.2, -0.15) is 4.68 Å². The maximum Gasteiger partial charge on any atom is 0.338 e.